The number of carbonyl (C=O) groups is 2. The van der Waals surface area contributed by atoms with Gasteiger partial charge in [0.25, 0.3) is 5.91 Å². The Morgan fingerprint density at radius 1 is 1.09 bits per heavy atom. The van der Waals surface area contributed by atoms with Crippen LogP contribution in [0, 0.1) is 0 Å². The van der Waals surface area contributed by atoms with Gasteiger partial charge in [-0.15, -0.1) is 0 Å². The predicted octanol–water partition coefficient (Wildman–Crippen LogP) is 2.55. The molecule has 1 amide bonds. The molecule has 0 bridgehead atoms. The molecule has 118 valence electrons. The highest BCUT2D eigenvalue weighted by atomic mass is 16.5. The lowest BCUT2D eigenvalue weighted by molar-refractivity contribution is -0.144. The molecule has 0 atom stereocenters. The molecule has 2 aromatic rings. The molecule has 1 aliphatic rings. The van der Waals surface area contributed by atoms with Crippen molar-refractivity contribution >= 4 is 17.6 Å². The minimum Gasteiger partial charge on any atom is -0.482 e. The summed E-state index contributed by atoms with van der Waals surface area (Å²) in [5.74, 6) is 0.176. The third-order valence-electron chi connectivity index (χ3n) is 3.59. The smallest absolute Gasteiger partial charge is 0.307 e. The van der Waals surface area contributed by atoms with Crippen LogP contribution < -0.4 is 9.64 Å². The summed E-state index contributed by atoms with van der Waals surface area (Å²) in [4.78, 5) is 25.5. The van der Waals surface area contributed by atoms with Crippen molar-refractivity contribution < 1.29 is 19.1 Å². The second kappa shape index (κ2) is 6.96. The molecule has 0 aliphatic carbocycles. The van der Waals surface area contributed by atoms with E-state index in [0.29, 0.717) is 11.4 Å². The van der Waals surface area contributed by atoms with E-state index in [2.05, 4.69) is 0 Å². The second-order valence-corrected chi connectivity index (χ2v) is 5.20. The molecular formula is C18H17NO4. The number of esters is 1. The number of rotatable bonds is 5. The number of hydrogen-bond acceptors (Lipinski definition) is 4. The fourth-order valence-electron chi connectivity index (χ4n) is 2.41. The summed E-state index contributed by atoms with van der Waals surface area (Å²) >= 11 is 0. The fraction of sp³-hybridized carbons (Fsp3) is 0.222. The van der Waals surface area contributed by atoms with Crippen LogP contribution >= 0.6 is 0 Å². The first-order valence-corrected chi connectivity index (χ1v) is 7.46. The van der Waals surface area contributed by atoms with Gasteiger partial charge in [0.2, 0.25) is 0 Å². The van der Waals surface area contributed by atoms with Crippen LogP contribution in [0.4, 0.5) is 5.69 Å². The molecule has 0 saturated carbocycles. The summed E-state index contributed by atoms with van der Waals surface area (Å²) in [5, 5.41) is 0. The largest absolute Gasteiger partial charge is 0.482 e. The van der Waals surface area contributed by atoms with Crippen molar-refractivity contribution in [2.75, 3.05) is 18.1 Å². The SMILES string of the molecule is O=C(CCN1C(=O)COc2ccccc21)OCc1ccccc1. The normalized spacial score (nSPS) is 13.2. The van der Waals surface area contributed by atoms with Gasteiger partial charge in [0.05, 0.1) is 12.1 Å². The Labute approximate surface area is 134 Å². The van der Waals surface area contributed by atoms with E-state index in [0.717, 1.165) is 5.56 Å². The lowest BCUT2D eigenvalue weighted by Crippen LogP contribution is -2.40. The highest BCUT2D eigenvalue weighted by Gasteiger charge is 2.25. The molecule has 2 aromatic carbocycles. The van der Waals surface area contributed by atoms with Gasteiger partial charge in [0.15, 0.2) is 6.61 Å². The van der Waals surface area contributed by atoms with E-state index in [1.54, 1.807) is 4.90 Å². The summed E-state index contributed by atoms with van der Waals surface area (Å²) in [6.07, 6.45) is 0.146. The number of fused-ring (bicyclic) bond motifs is 1. The quantitative estimate of drug-likeness (QED) is 0.796. The number of nitrogens with zero attached hydrogens (tertiary/aromatic N) is 1. The molecule has 1 aliphatic heterocycles. The molecule has 0 N–H and O–H groups in total. The van der Waals surface area contributed by atoms with Gasteiger partial charge in [-0.1, -0.05) is 42.5 Å². The second-order valence-electron chi connectivity index (χ2n) is 5.20. The van der Waals surface area contributed by atoms with Crippen molar-refractivity contribution in [1.82, 2.24) is 0 Å². The number of ether oxygens (including phenoxy) is 2. The Hall–Kier alpha value is -2.82. The van der Waals surface area contributed by atoms with Crippen molar-refractivity contribution in [1.29, 1.82) is 0 Å². The van der Waals surface area contributed by atoms with Gasteiger partial charge in [0.1, 0.15) is 12.4 Å². The van der Waals surface area contributed by atoms with E-state index in [4.69, 9.17) is 9.47 Å². The maximum Gasteiger partial charge on any atom is 0.307 e. The van der Waals surface area contributed by atoms with Crippen LogP contribution in [0.1, 0.15) is 12.0 Å². The standard InChI is InChI=1S/C18H17NO4/c20-17-13-22-16-9-5-4-8-15(16)19(17)11-10-18(21)23-12-14-6-2-1-3-7-14/h1-9H,10-13H2. The summed E-state index contributed by atoms with van der Waals surface area (Å²) in [6, 6.07) is 16.8. The molecule has 0 unspecified atom stereocenters. The minimum absolute atomic E-state index is 0.00389. The Morgan fingerprint density at radius 3 is 2.65 bits per heavy atom. The minimum atomic E-state index is -0.328. The summed E-state index contributed by atoms with van der Waals surface area (Å²) in [7, 11) is 0. The zero-order chi connectivity index (χ0) is 16.1. The molecule has 0 saturated heterocycles. The molecular weight excluding hydrogens is 294 g/mol. The summed E-state index contributed by atoms with van der Waals surface area (Å²) in [5.41, 5.74) is 1.63. The van der Waals surface area contributed by atoms with Crippen LogP contribution in [0.5, 0.6) is 5.75 Å². The molecule has 0 spiro atoms. The first kappa shape index (κ1) is 15.1. The highest BCUT2D eigenvalue weighted by Crippen LogP contribution is 2.31. The maximum absolute atomic E-state index is 12.0. The Morgan fingerprint density at radius 2 is 1.83 bits per heavy atom. The zero-order valence-corrected chi connectivity index (χ0v) is 12.6. The van der Waals surface area contributed by atoms with Crippen molar-refractivity contribution in [3.8, 4) is 5.75 Å². The van der Waals surface area contributed by atoms with E-state index in [1.807, 2.05) is 54.6 Å². The van der Waals surface area contributed by atoms with Gasteiger partial charge < -0.3 is 14.4 Å². The molecule has 3 rings (SSSR count). The number of anilines is 1. The van der Waals surface area contributed by atoms with Crippen molar-refractivity contribution in [3.63, 3.8) is 0 Å². The van der Waals surface area contributed by atoms with Gasteiger partial charge in [-0.3, -0.25) is 9.59 Å². The van der Waals surface area contributed by atoms with Crippen LogP contribution in [0.2, 0.25) is 0 Å². The third-order valence-corrected chi connectivity index (χ3v) is 3.59. The van der Waals surface area contributed by atoms with Gasteiger partial charge in [0, 0.05) is 6.54 Å². The molecule has 1 heterocycles. The molecule has 23 heavy (non-hydrogen) atoms. The predicted molar refractivity (Wildman–Crippen MR) is 85.1 cm³/mol. The maximum atomic E-state index is 12.0. The number of benzene rings is 2. The number of hydrogen-bond donors (Lipinski definition) is 0. The zero-order valence-electron chi connectivity index (χ0n) is 12.6. The Kier molecular flexibility index (Phi) is 4.57. The van der Waals surface area contributed by atoms with E-state index in [1.165, 1.54) is 0 Å². The van der Waals surface area contributed by atoms with Crippen molar-refractivity contribution in [2.45, 2.75) is 13.0 Å². The van der Waals surface area contributed by atoms with E-state index in [-0.39, 0.29) is 38.1 Å². The topological polar surface area (TPSA) is 55.8 Å². The van der Waals surface area contributed by atoms with Crippen LogP contribution in [-0.2, 0) is 20.9 Å². The average molecular weight is 311 g/mol. The van der Waals surface area contributed by atoms with Gasteiger partial charge >= 0.3 is 5.97 Å². The van der Waals surface area contributed by atoms with Crippen LogP contribution in [0.15, 0.2) is 54.6 Å². The highest BCUT2D eigenvalue weighted by molar-refractivity contribution is 5.98. The molecule has 5 heteroatoms. The van der Waals surface area contributed by atoms with E-state index >= 15 is 0 Å². The molecule has 5 nitrogen and oxygen atoms in total. The van der Waals surface area contributed by atoms with Gasteiger partial charge in [-0.2, -0.15) is 0 Å². The Balaban J connectivity index is 1.55. The van der Waals surface area contributed by atoms with E-state index < -0.39 is 0 Å². The summed E-state index contributed by atoms with van der Waals surface area (Å²) in [6.45, 7) is 0.524. The van der Waals surface area contributed by atoms with Crippen LogP contribution in [0.3, 0.4) is 0 Å². The van der Waals surface area contributed by atoms with E-state index in [9.17, 15) is 9.59 Å². The van der Waals surface area contributed by atoms with Crippen LogP contribution in [-0.4, -0.2) is 25.0 Å². The molecule has 0 radical (unpaired) electrons. The first-order chi connectivity index (χ1) is 11.2. The lowest BCUT2D eigenvalue weighted by atomic mass is 10.2. The first-order valence-electron chi connectivity index (χ1n) is 7.46. The monoisotopic (exact) mass is 311 g/mol. The molecule has 0 fully saturated rings. The van der Waals surface area contributed by atoms with Crippen molar-refractivity contribution in [2.24, 2.45) is 0 Å². The Bertz CT molecular complexity index is 699. The number of carbonyl (C=O) groups excluding carboxylic acids is 2. The summed E-state index contributed by atoms with van der Waals surface area (Å²) < 4.78 is 10.6. The van der Waals surface area contributed by atoms with Gasteiger partial charge in [-0.25, -0.2) is 0 Å². The molecule has 0 aromatic heterocycles. The number of amides is 1. The van der Waals surface area contributed by atoms with Crippen molar-refractivity contribution in [3.05, 3.63) is 60.2 Å². The third kappa shape index (κ3) is 3.69. The number of para-hydroxylation sites is 2. The fourth-order valence-corrected chi connectivity index (χ4v) is 2.41. The van der Waals surface area contributed by atoms with Crippen LogP contribution in [0.25, 0.3) is 0 Å². The average Bonchev–Trinajstić information content (AvgIpc) is 2.60. The lowest BCUT2D eigenvalue weighted by Gasteiger charge is -2.28. The van der Waals surface area contributed by atoms with Gasteiger partial charge in [-0.05, 0) is 17.7 Å².